The summed E-state index contributed by atoms with van der Waals surface area (Å²) in [6.45, 7) is 4.74. The molecule has 0 bridgehead atoms. The molecule has 1 heterocycles. The van der Waals surface area contributed by atoms with Crippen LogP contribution in [0.3, 0.4) is 0 Å². The molecule has 1 atom stereocenters. The maximum Gasteiger partial charge on any atom is 0.104 e. The van der Waals surface area contributed by atoms with Crippen molar-refractivity contribution in [2.24, 2.45) is 5.73 Å². The average molecular weight is 206 g/mol. The fourth-order valence-electron chi connectivity index (χ4n) is 1.46. The highest BCUT2D eigenvalue weighted by Crippen LogP contribution is 2.13. The van der Waals surface area contributed by atoms with Crippen molar-refractivity contribution in [1.29, 1.82) is 5.26 Å². The Hall–Kier alpha value is -1.34. The van der Waals surface area contributed by atoms with Crippen LogP contribution in [-0.2, 0) is 6.54 Å². The van der Waals surface area contributed by atoms with E-state index in [1.165, 1.54) is 0 Å². The number of nitrogens with zero attached hydrogens (tertiary/aromatic N) is 3. The lowest BCUT2D eigenvalue weighted by atomic mass is 9.93. The zero-order valence-electron chi connectivity index (χ0n) is 9.40. The molecule has 82 valence electrons. The molecule has 0 fully saturated rings. The summed E-state index contributed by atoms with van der Waals surface area (Å²) < 4.78 is 1.89. The second-order valence-electron chi connectivity index (χ2n) is 3.95. The molecule has 0 spiro atoms. The number of aromatic nitrogens is 2. The number of hydrogen-bond donors (Lipinski definition) is 1. The number of nitriles is 1. The minimum atomic E-state index is -0.664. The van der Waals surface area contributed by atoms with Gasteiger partial charge in [0, 0.05) is 12.7 Å². The van der Waals surface area contributed by atoms with Crippen LogP contribution in [0.1, 0.15) is 31.9 Å². The van der Waals surface area contributed by atoms with E-state index in [-0.39, 0.29) is 0 Å². The van der Waals surface area contributed by atoms with Crippen molar-refractivity contribution >= 4 is 0 Å². The number of hydrogen-bond acceptors (Lipinski definition) is 3. The van der Waals surface area contributed by atoms with Crippen LogP contribution >= 0.6 is 0 Å². The molecule has 0 aliphatic carbocycles. The van der Waals surface area contributed by atoms with Crippen LogP contribution in [0.2, 0.25) is 0 Å². The van der Waals surface area contributed by atoms with Gasteiger partial charge in [-0.15, -0.1) is 0 Å². The van der Waals surface area contributed by atoms with Crippen LogP contribution in [0.4, 0.5) is 0 Å². The Kier molecular flexibility index (Phi) is 3.87. The summed E-state index contributed by atoms with van der Waals surface area (Å²) in [5.41, 5.74) is 6.23. The molecule has 0 radical (unpaired) electrons. The Balaban J connectivity index is 2.37. The SMILES string of the molecule is CCC(N)(C#N)CCCn1ccc(C)n1. The maximum absolute atomic E-state index is 8.89. The zero-order valence-corrected chi connectivity index (χ0v) is 9.40. The van der Waals surface area contributed by atoms with Gasteiger partial charge in [0.1, 0.15) is 5.54 Å². The maximum atomic E-state index is 8.89. The summed E-state index contributed by atoms with van der Waals surface area (Å²) in [6.07, 6.45) is 4.26. The Labute approximate surface area is 90.7 Å². The van der Waals surface area contributed by atoms with Crippen molar-refractivity contribution in [3.05, 3.63) is 18.0 Å². The van der Waals surface area contributed by atoms with Crippen LogP contribution in [0, 0.1) is 18.3 Å². The van der Waals surface area contributed by atoms with Gasteiger partial charge in [0.05, 0.1) is 11.8 Å². The fourth-order valence-corrected chi connectivity index (χ4v) is 1.46. The van der Waals surface area contributed by atoms with Gasteiger partial charge < -0.3 is 5.73 Å². The summed E-state index contributed by atoms with van der Waals surface area (Å²) in [7, 11) is 0. The lowest BCUT2D eigenvalue weighted by Crippen LogP contribution is -2.37. The van der Waals surface area contributed by atoms with E-state index in [1.54, 1.807) is 0 Å². The summed E-state index contributed by atoms with van der Waals surface area (Å²) in [5.74, 6) is 0. The topological polar surface area (TPSA) is 67.6 Å². The second-order valence-corrected chi connectivity index (χ2v) is 3.95. The average Bonchev–Trinajstić information content (AvgIpc) is 2.64. The van der Waals surface area contributed by atoms with Crippen LogP contribution in [0.15, 0.2) is 12.3 Å². The first kappa shape index (κ1) is 11.7. The third-order valence-electron chi connectivity index (χ3n) is 2.64. The van der Waals surface area contributed by atoms with Gasteiger partial charge in [-0.3, -0.25) is 4.68 Å². The lowest BCUT2D eigenvalue weighted by Gasteiger charge is -2.18. The van der Waals surface area contributed by atoms with Gasteiger partial charge in [-0.1, -0.05) is 6.92 Å². The second kappa shape index (κ2) is 4.94. The zero-order chi connectivity index (χ0) is 11.3. The van der Waals surface area contributed by atoms with Crippen LogP contribution in [0.25, 0.3) is 0 Å². The highest BCUT2D eigenvalue weighted by Gasteiger charge is 2.20. The molecule has 1 rings (SSSR count). The summed E-state index contributed by atoms with van der Waals surface area (Å²) in [6, 6.07) is 4.14. The predicted octanol–water partition coefficient (Wildman–Crippen LogP) is 1.60. The summed E-state index contributed by atoms with van der Waals surface area (Å²) >= 11 is 0. The number of nitrogens with two attached hydrogens (primary N) is 1. The molecule has 0 aliphatic rings. The van der Waals surface area contributed by atoms with Gasteiger partial charge in [-0.25, -0.2) is 0 Å². The van der Waals surface area contributed by atoms with E-state index in [1.807, 2.05) is 30.8 Å². The predicted molar refractivity (Wildman–Crippen MR) is 59.0 cm³/mol. The summed E-state index contributed by atoms with van der Waals surface area (Å²) in [5, 5.41) is 13.2. The van der Waals surface area contributed by atoms with E-state index in [0.29, 0.717) is 6.42 Å². The monoisotopic (exact) mass is 206 g/mol. The molecule has 0 amide bonds. The van der Waals surface area contributed by atoms with Gasteiger partial charge in [-0.05, 0) is 32.3 Å². The first-order valence-corrected chi connectivity index (χ1v) is 5.30. The third-order valence-corrected chi connectivity index (χ3v) is 2.64. The van der Waals surface area contributed by atoms with Crippen LogP contribution in [-0.4, -0.2) is 15.3 Å². The minimum Gasteiger partial charge on any atom is -0.313 e. The van der Waals surface area contributed by atoms with E-state index >= 15 is 0 Å². The molecule has 1 aromatic rings. The van der Waals surface area contributed by atoms with E-state index in [4.69, 9.17) is 11.0 Å². The van der Waals surface area contributed by atoms with Gasteiger partial charge >= 0.3 is 0 Å². The van der Waals surface area contributed by atoms with Gasteiger partial charge in [0.2, 0.25) is 0 Å². The van der Waals surface area contributed by atoms with Crippen molar-refractivity contribution < 1.29 is 0 Å². The molecule has 2 N–H and O–H groups in total. The van der Waals surface area contributed by atoms with Crippen molar-refractivity contribution in [1.82, 2.24) is 9.78 Å². The Morgan fingerprint density at radius 2 is 2.40 bits per heavy atom. The van der Waals surface area contributed by atoms with Crippen molar-refractivity contribution in [3.8, 4) is 6.07 Å². The Bertz CT molecular complexity index is 350. The standard InChI is InChI=1S/C11H18N4/c1-3-11(13,9-12)6-4-7-15-8-5-10(2)14-15/h5,8H,3-4,6-7,13H2,1-2H3. The molecule has 0 saturated carbocycles. The molecular formula is C11H18N4. The summed E-state index contributed by atoms with van der Waals surface area (Å²) in [4.78, 5) is 0. The molecule has 1 unspecified atom stereocenters. The highest BCUT2D eigenvalue weighted by atomic mass is 15.3. The Morgan fingerprint density at radius 1 is 1.67 bits per heavy atom. The number of aryl methyl sites for hydroxylation is 2. The van der Waals surface area contributed by atoms with E-state index in [0.717, 1.165) is 25.1 Å². The molecular weight excluding hydrogens is 188 g/mol. The first-order valence-electron chi connectivity index (χ1n) is 5.30. The van der Waals surface area contributed by atoms with Crippen LogP contribution < -0.4 is 5.73 Å². The molecule has 0 aromatic carbocycles. The van der Waals surface area contributed by atoms with E-state index in [9.17, 15) is 0 Å². The van der Waals surface area contributed by atoms with Gasteiger partial charge in [-0.2, -0.15) is 10.4 Å². The first-order chi connectivity index (χ1) is 7.09. The largest absolute Gasteiger partial charge is 0.313 e. The lowest BCUT2D eigenvalue weighted by molar-refractivity contribution is 0.434. The third kappa shape index (κ3) is 3.37. The molecule has 4 nitrogen and oxygen atoms in total. The molecule has 4 heteroatoms. The van der Waals surface area contributed by atoms with E-state index < -0.39 is 5.54 Å². The quantitative estimate of drug-likeness (QED) is 0.795. The normalized spacial score (nSPS) is 14.5. The van der Waals surface area contributed by atoms with Gasteiger partial charge in [0.25, 0.3) is 0 Å². The highest BCUT2D eigenvalue weighted by molar-refractivity contribution is 5.03. The van der Waals surface area contributed by atoms with Crippen molar-refractivity contribution in [3.63, 3.8) is 0 Å². The minimum absolute atomic E-state index is 0.664. The smallest absolute Gasteiger partial charge is 0.104 e. The van der Waals surface area contributed by atoms with Crippen LogP contribution in [0.5, 0.6) is 0 Å². The van der Waals surface area contributed by atoms with Gasteiger partial charge in [0.15, 0.2) is 0 Å². The molecule has 0 saturated heterocycles. The van der Waals surface area contributed by atoms with Crippen molar-refractivity contribution in [2.75, 3.05) is 0 Å². The molecule has 0 aliphatic heterocycles. The van der Waals surface area contributed by atoms with E-state index in [2.05, 4.69) is 11.2 Å². The fraction of sp³-hybridized carbons (Fsp3) is 0.636. The number of rotatable bonds is 5. The van der Waals surface area contributed by atoms with Crippen molar-refractivity contribution in [2.45, 2.75) is 45.2 Å². The Morgan fingerprint density at radius 3 is 2.87 bits per heavy atom. The molecule has 15 heavy (non-hydrogen) atoms. The molecule has 1 aromatic heterocycles.